The molecule has 2 heterocycles. The van der Waals surface area contributed by atoms with Crippen LogP contribution in [0.3, 0.4) is 0 Å². The highest BCUT2D eigenvalue weighted by molar-refractivity contribution is 7.09. The van der Waals surface area contributed by atoms with Crippen LogP contribution >= 0.6 is 11.3 Å². The van der Waals surface area contributed by atoms with Gasteiger partial charge in [-0.15, -0.1) is 11.3 Å². The average Bonchev–Trinajstić information content (AvgIpc) is 2.86. The van der Waals surface area contributed by atoms with E-state index in [4.69, 9.17) is 0 Å². The molecular formula is C13H19N3O2S. The number of hydrogen-bond donors (Lipinski definition) is 1. The van der Waals surface area contributed by atoms with Gasteiger partial charge in [0.2, 0.25) is 11.8 Å². The van der Waals surface area contributed by atoms with Crippen molar-refractivity contribution in [3.63, 3.8) is 0 Å². The van der Waals surface area contributed by atoms with Crippen molar-refractivity contribution in [1.82, 2.24) is 15.2 Å². The molecular weight excluding hydrogens is 262 g/mol. The van der Waals surface area contributed by atoms with Gasteiger partial charge in [-0.1, -0.05) is 20.8 Å². The van der Waals surface area contributed by atoms with Gasteiger partial charge in [-0.05, 0) is 5.92 Å². The van der Waals surface area contributed by atoms with E-state index in [0.29, 0.717) is 6.54 Å². The summed E-state index contributed by atoms with van der Waals surface area (Å²) in [6.45, 7) is 6.61. The first-order valence-electron chi connectivity index (χ1n) is 6.46. The second-order valence-electron chi connectivity index (χ2n) is 5.28. The van der Waals surface area contributed by atoms with Crippen molar-refractivity contribution in [2.24, 2.45) is 5.92 Å². The Bertz CT molecular complexity index is 458. The fourth-order valence-electron chi connectivity index (χ4n) is 2.22. The molecule has 19 heavy (non-hydrogen) atoms. The highest BCUT2D eigenvalue weighted by Crippen LogP contribution is 2.20. The summed E-state index contributed by atoms with van der Waals surface area (Å²) < 4.78 is 0. The topological polar surface area (TPSA) is 62.3 Å². The van der Waals surface area contributed by atoms with Crippen molar-refractivity contribution in [1.29, 1.82) is 0 Å². The summed E-state index contributed by atoms with van der Waals surface area (Å²) >= 11 is 1.58. The van der Waals surface area contributed by atoms with Crippen LogP contribution in [0.15, 0.2) is 11.6 Å². The summed E-state index contributed by atoms with van der Waals surface area (Å²) in [4.78, 5) is 29.9. The lowest BCUT2D eigenvalue weighted by atomic mass is 10.00. The molecule has 1 aromatic rings. The summed E-state index contributed by atoms with van der Waals surface area (Å²) in [5.74, 6) is 0.194. The van der Waals surface area contributed by atoms with Gasteiger partial charge in [0.25, 0.3) is 0 Å². The Morgan fingerprint density at radius 2 is 2.21 bits per heavy atom. The summed E-state index contributed by atoms with van der Waals surface area (Å²) in [7, 11) is 0. The molecule has 2 rings (SSSR count). The smallest absolute Gasteiger partial charge is 0.245 e. The average molecular weight is 281 g/mol. The van der Waals surface area contributed by atoms with Crippen LogP contribution in [-0.4, -0.2) is 40.8 Å². The van der Waals surface area contributed by atoms with Gasteiger partial charge in [-0.2, -0.15) is 0 Å². The van der Waals surface area contributed by atoms with Gasteiger partial charge in [-0.3, -0.25) is 9.59 Å². The predicted octanol–water partition coefficient (Wildman–Crippen LogP) is 1.23. The van der Waals surface area contributed by atoms with E-state index in [0.717, 1.165) is 5.01 Å². The number of thiazole rings is 1. The number of rotatable bonds is 4. The second-order valence-corrected chi connectivity index (χ2v) is 6.21. The van der Waals surface area contributed by atoms with Crippen LogP contribution in [0.5, 0.6) is 0 Å². The van der Waals surface area contributed by atoms with E-state index in [2.05, 4.69) is 10.3 Å². The molecule has 1 saturated heterocycles. The maximum Gasteiger partial charge on any atom is 0.245 e. The molecule has 0 saturated carbocycles. The number of amides is 2. The van der Waals surface area contributed by atoms with Crippen molar-refractivity contribution in [3.8, 4) is 0 Å². The quantitative estimate of drug-likeness (QED) is 0.903. The Morgan fingerprint density at radius 3 is 2.79 bits per heavy atom. The lowest BCUT2D eigenvalue weighted by Crippen LogP contribution is -2.60. The standard InChI is InChI=1S/C13H19N3O2S/c1-8(2)11-13(18)16(7-10(17)15-11)6-9(3)12-14-4-5-19-12/h4-5,8-9,11H,6-7H2,1-3H3,(H,15,17). The van der Waals surface area contributed by atoms with Crippen molar-refractivity contribution < 1.29 is 9.59 Å². The zero-order chi connectivity index (χ0) is 14.0. The van der Waals surface area contributed by atoms with E-state index >= 15 is 0 Å². The zero-order valence-electron chi connectivity index (χ0n) is 11.4. The molecule has 2 unspecified atom stereocenters. The van der Waals surface area contributed by atoms with Gasteiger partial charge >= 0.3 is 0 Å². The first-order valence-corrected chi connectivity index (χ1v) is 7.34. The van der Waals surface area contributed by atoms with E-state index in [-0.39, 0.29) is 30.2 Å². The minimum Gasteiger partial charge on any atom is -0.343 e. The van der Waals surface area contributed by atoms with Crippen LogP contribution in [0.1, 0.15) is 31.7 Å². The van der Waals surface area contributed by atoms with Gasteiger partial charge in [0, 0.05) is 24.0 Å². The molecule has 2 amide bonds. The minimum atomic E-state index is -0.398. The van der Waals surface area contributed by atoms with Crippen molar-refractivity contribution >= 4 is 23.2 Å². The Labute approximate surface area is 117 Å². The van der Waals surface area contributed by atoms with E-state index < -0.39 is 6.04 Å². The van der Waals surface area contributed by atoms with Crippen LogP contribution in [0, 0.1) is 5.92 Å². The van der Waals surface area contributed by atoms with Gasteiger partial charge < -0.3 is 10.2 Å². The minimum absolute atomic E-state index is 0.0120. The molecule has 104 valence electrons. The first-order chi connectivity index (χ1) is 8.99. The molecule has 5 nitrogen and oxygen atoms in total. The Balaban J connectivity index is 2.06. The van der Waals surface area contributed by atoms with Crippen LogP contribution < -0.4 is 5.32 Å². The predicted molar refractivity (Wildman–Crippen MR) is 73.9 cm³/mol. The summed E-state index contributed by atoms with van der Waals surface area (Å²) in [6.07, 6.45) is 1.76. The molecule has 1 fully saturated rings. The molecule has 1 aromatic heterocycles. The lowest BCUT2D eigenvalue weighted by Gasteiger charge is -2.35. The third kappa shape index (κ3) is 3.12. The van der Waals surface area contributed by atoms with Crippen LogP contribution in [0.25, 0.3) is 0 Å². The molecule has 0 spiro atoms. The highest BCUT2D eigenvalue weighted by atomic mass is 32.1. The molecule has 6 heteroatoms. The Morgan fingerprint density at radius 1 is 1.47 bits per heavy atom. The fourth-order valence-corrected chi connectivity index (χ4v) is 2.91. The number of carbonyl (C=O) groups is 2. The number of nitrogens with one attached hydrogen (secondary N) is 1. The van der Waals surface area contributed by atoms with E-state index in [9.17, 15) is 9.59 Å². The number of nitrogens with zero attached hydrogens (tertiary/aromatic N) is 2. The molecule has 0 radical (unpaired) electrons. The lowest BCUT2D eigenvalue weighted by molar-refractivity contribution is -0.145. The first kappa shape index (κ1) is 14.0. The highest BCUT2D eigenvalue weighted by Gasteiger charge is 2.35. The van der Waals surface area contributed by atoms with Crippen LogP contribution in [0.4, 0.5) is 0 Å². The maximum absolute atomic E-state index is 12.3. The monoisotopic (exact) mass is 281 g/mol. The maximum atomic E-state index is 12.3. The zero-order valence-corrected chi connectivity index (χ0v) is 12.2. The van der Waals surface area contributed by atoms with Gasteiger partial charge in [0.15, 0.2) is 0 Å². The third-order valence-corrected chi connectivity index (χ3v) is 4.27. The van der Waals surface area contributed by atoms with Gasteiger partial charge in [0.05, 0.1) is 11.6 Å². The van der Waals surface area contributed by atoms with E-state index in [1.54, 1.807) is 22.4 Å². The number of aromatic nitrogens is 1. The van der Waals surface area contributed by atoms with Crippen LogP contribution in [0.2, 0.25) is 0 Å². The summed E-state index contributed by atoms with van der Waals surface area (Å²) in [6, 6.07) is -0.398. The number of piperazine rings is 1. The SMILES string of the molecule is CC(CN1CC(=O)NC(C(C)C)C1=O)c1nccs1. The Kier molecular flexibility index (Phi) is 4.19. The van der Waals surface area contributed by atoms with Crippen molar-refractivity contribution in [2.75, 3.05) is 13.1 Å². The van der Waals surface area contributed by atoms with Crippen molar-refractivity contribution in [2.45, 2.75) is 32.7 Å². The largest absolute Gasteiger partial charge is 0.343 e. The third-order valence-electron chi connectivity index (χ3n) is 3.26. The molecule has 0 aliphatic carbocycles. The van der Waals surface area contributed by atoms with Gasteiger partial charge in [0.1, 0.15) is 6.04 Å². The van der Waals surface area contributed by atoms with Crippen molar-refractivity contribution in [3.05, 3.63) is 16.6 Å². The molecule has 0 aromatic carbocycles. The molecule has 1 N–H and O–H groups in total. The Hall–Kier alpha value is -1.43. The second kappa shape index (κ2) is 5.69. The normalized spacial score (nSPS) is 21.7. The number of carbonyl (C=O) groups excluding carboxylic acids is 2. The van der Waals surface area contributed by atoms with Crippen LogP contribution in [-0.2, 0) is 9.59 Å². The molecule has 2 atom stereocenters. The summed E-state index contributed by atoms with van der Waals surface area (Å²) in [5, 5.41) is 5.68. The fraction of sp³-hybridized carbons (Fsp3) is 0.615. The molecule has 0 bridgehead atoms. The molecule has 1 aliphatic rings. The van der Waals surface area contributed by atoms with E-state index in [1.165, 1.54) is 0 Å². The number of hydrogen-bond acceptors (Lipinski definition) is 4. The molecule has 1 aliphatic heterocycles. The van der Waals surface area contributed by atoms with E-state index in [1.807, 2.05) is 26.2 Å². The summed E-state index contributed by atoms with van der Waals surface area (Å²) in [5.41, 5.74) is 0. The van der Waals surface area contributed by atoms with Gasteiger partial charge in [-0.25, -0.2) is 4.98 Å².